The summed E-state index contributed by atoms with van der Waals surface area (Å²) in [7, 11) is -2.75. The topological polar surface area (TPSA) is 136 Å². The Morgan fingerprint density at radius 2 is 1.72 bits per heavy atom. The number of nitrogens with zero attached hydrogens (tertiary/aromatic N) is 1. The summed E-state index contributed by atoms with van der Waals surface area (Å²) in [5.41, 5.74) is 0.805. The largest absolute Gasteiger partial charge is 0.508 e. The number of sulfonamides is 1. The van der Waals surface area contributed by atoms with Gasteiger partial charge in [-0.1, -0.05) is 6.07 Å². The molecular formula is C22H30N2O7S. The number of carbonyl (C=O) groups is 1. The van der Waals surface area contributed by atoms with Crippen molar-refractivity contribution in [3.05, 3.63) is 42.0 Å². The van der Waals surface area contributed by atoms with Crippen LogP contribution in [0.15, 0.2) is 41.3 Å². The zero-order valence-electron chi connectivity index (χ0n) is 18.2. The number of aromatic hydroxyl groups is 2. The number of rotatable bonds is 4. The highest BCUT2D eigenvalue weighted by atomic mass is 32.2. The molecule has 9 nitrogen and oxygen atoms in total. The van der Waals surface area contributed by atoms with Crippen LogP contribution in [0.3, 0.4) is 0 Å². The van der Waals surface area contributed by atoms with Crippen molar-refractivity contribution in [2.75, 3.05) is 26.7 Å². The first kappa shape index (κ1) is 25.6. The van der Waals surface area contributed by atoms with E-state index in [9.17, 15) is 18.6 Å². The van der Waals surface area contributed by atoms with E-state index in [1.807, 2.05) is 13.7 Å². The number of hydrogen-bond donors (Lipinski definition) is 4. The predicted molar refractivity (Wildman–Crippen MR) is 120 cm³/mol. The second kappa shape index (κ2) is 11.3. The first-order chi connectivity index (χ1) is 15.3. The van der Waals surface area contributed by atoms with Crippen LogP contribution in [0.1, 0.15) is 18.4 Å². The average Bonchev–Trinajstić information content (AvgIpc) is 3.22. The third-order valence-electron chi connectivity index (χ3n) is 5.39. The van der Waals surface area contributed by atoms with Crippen LogP contribution >= 0.6 is 0 Å². The number of benzene rings is 2. The molecule has 2 aliphatic heterocycles. The summed E-state index contributed by atoms with van der Waals surface area (Å²) in [6.45, 7) is 5.71. The molecule has 0 radical (unpaired) electrons. The van der Waals surface area contributed by atoms with Gasteiger partial charge in [-0.3, -0.25) is 0 Å². The van der Waals surface area contributed by atoms with Gasteiger partial charge in [0.2, 0.25) is 10.0 Å². The molecule has 0 spiro atoms. The van der Waals surface area contributed by atoms with Gasteiger partial charge in [0, 0.05) is 44.4 Å². The van der Waals surface area contributed by atoms with Crippen molar-refractivity contribution in [2.24, 2.45) is 5.92 Å². The number of nitrogens with one attached hydrogen (secondary N) is 1. The van der Waals surface area contributed by atoms with Crippen LogP contribution in [-0.2, 0) is 14.8 Å². The molecule has 0 aromatic heterocycles. The molecule has 0 saturated carbocycles. The molecule has 10 heteroatoms. The van der Waals surface area contributed by atoms with Crippen LogP contribution in [0, 0.1) is 12.8 Å². The van der Waals surface area contributed by atoms with E-state index in [0.717, 1.165) is 32.1 Å². The first-order valence-electron chi connectivity index (χ1n) is 10.1. The molecule has 2 aliphatic rings. The van der Waals surface area contributed by atoms with Crippen molar-refractivity contribution in [2.45, 2.75) is 30.7 Å². The number of carbonyl (C=O) groups excluding carboxylic acids is 1. The minimum absolute atomic E-state index is 0.0916. The van der Waals surface area contributed by atoms with Crippen LogP contribution in [-0.4, -0.2) is 67.6 Å². The average molecular weight is 467 g/mol. The Morgan fingerprint density at radius 3 is 2.34 bits per heavy atom. The van der Waals surface area contributed by atoms with E-state index < -0.39 is 10.0 Å². The normalized spacial score (nSPS) is 20.2. The van der Waals surface area contributed by atoms with Gasteiger partial charge in [0.25, 0.3) is 0 Å². The standard InChI is InChI=1S/C20H24N2O5S.CH4O.CH2O/c1-13-4-5-19(27-17-9-15(23)8-16(24)10-17)20(7-13)28(25,26)22-11-14-3-2-6-21-18(14)12-22;2*1-2/h4-5,7-10,14,18,21,23-24H,2-3,6,11-12H2,1H3;2H,1H3;1H2. The Kier molecular flexibility index (Phi) is 9.02. The lowest BCUT2D eigenvalue weighted by molar-refractivity contribution is -0.0980. The fourth-order valence-electron chi connectivity index (χ4n) is 4.00. The fraction of sp³-hybridized carbons (Fsp3) is 0.409. The van der Waals surface area contributed by atoms with E-state index in [1.165, 1.54) is 22.5 Å². The molecule has 0 amide bonds. The van der Waals surface area contributed by atoms with Gasteiger partial charge in [-0.15, -0.1) is 0 Å². The number of phenolic OH excluding ortho intramolecular Hbond substituents is 2. The van der Waals surface area contributed by atoms with E-state index in [-0.39, 0.29) is 33.9 Å². The molecule has 2 heterocycles. The van der Waals surface area contributed by atoms with Gasteiger partial charge in [-0.05, 0) is 49.9 Å². The summed E-state index contributed by atoms with van der Waals surface area (Å²) in [4.78, 5) is 8.09. The number of ether oxygens (including phenoxy) is 1. The molecule has 4 rings (SSSR count). The molecule has 2 aromatic carbocycles. The Balaban J connectivity index is 0.000000860. The van der Waals surface area contributed by atoms with Crippen molar-refractivity contribution in [1.29, 1.82) is 0 Å². The number of fused-ring (bicyclic) bond motifs is 1. The lowest BCUT2D eigenvalue weighted by atomic mass is 9.94. The van der Waals surface area contributed by atoms with Crippen molar-refractivity contribution in [3.8, 4) is 23.0 Å². The smallest absolute Gasteiger partial charge is 0.246 e. The maximum Gasteiger partial charge on any atom is 0.246 e. The van der Waals surface area contributed by atoms with Gasteiger partial charge in [0.15, 0.2) is 0 Å². The lowest BCUT2D eigenvalue weighted by Gasteiger charge is -2.24. The molecule has 2 unspecified atom stereocenters. The zero-order valence-corrected chi connectivity index (χ0v) is 19.0. The van der Waals surface area contributed by atoms with E-state index in [0.29, 0.717) is 19.0 Å². The maximum absolute atomic E-state index is 13.4. The summed E-state index contributed by atoms with van der Waals surface area (Å²) in [6, 6.07) is 8.99. The highest BCUT2D eigenvalue weighted by Crippen LogP contribution is 2.37. The highest BCUT2D eigenvalue weighted by molar-refractivity contribution is 7.89. The molecule has 2 fully saturated rings. The summed E-state index contributed by atoms with van der Waals surface area (Å²) < 4.78 is 34.1. The monoisotopic (exact) mass is 466 g/mol. The Bertz CT molecular complexity index is 979. The van der Waals surface area contributed by atoms with Gasteiger partial charge in [-0.25, -0.2) is 8.42 Å². The van der Waals surface area contributed by atoms with Gasteiger partial charge in [-0.2, -0.15) is 4.31 Å². The quantitative estimate of drug-likeness (QED) is 0.537. The molecule has 176 valence electrons. The van der Waals surface area contributed by atoms with Crippen molar-refractivity contribution < 1.29 is 33.3 Å². The van der Waals surface area contributed by atoms with Crippen molar-refractivity contribution >= 4 is 16.8 Å². The Labute approximate surface area is 188 Å². The molecule has 0 bridgehead atoms. The summed E-state index contributed by atoms with van der Waals surface area (Å²) in [5, 5.41) is 29.7. The lowest BCUT2D eigenvalue weighted by Crippen LogP contribution is -2.41. The van der Waals surface area contributed by atoms with Crippen LogP contribution in [0.4, 0.5) is 0 Å². The number of aryl methyl sites for hydroxylation is 1. The zero-order chi connectivity index (χ0) is 23.9. The third-order valence-corrected chi connectivity index (χ3v) is 7.24. The molecule has 2 aromatic rings. The number of phenols is 2. The highest BCUT2D eigenvalue weighted by Gasteiger charge is 2.41. The SMILES string of the molecule is C=O.CO.Cc1ccc(Oc2cc(O)cc(O)c2)c(S(=O)(=O)N2CC3CCCNC3C2)c1. The minimum Gasteiger partial charge on any atom is -0.508 e. The van der Waals surface area contributed by atoms with Gasteiger partial charge >= 0.3 is 0 Å². The second-order valence-electron chi connectivity index (χ2n) is 7.52. The molecule has 0 aliphatic carbocycles. The van der Waals surface area contributed by atoms with E-state index in [1.54, 1.807) is 18.2 Å². The van der Waals surface area contributed by atoms with Crippen LogP contribution in [0.5, 0.6) is 23.0 Å². The third kappa shape index (κ3) is 5.77. The molecule has 4 N–H and O–H groups in total. The van der Waals surface area contributed by atoms with Crippen LogP contribution < -0.4 is 10.1 Å². The van der Waals surface area contributed by atoms with Crippen LogP contribution in [0.2, 0.25) is 0 Å². The summed E-state index contributed by atoms with van der Waals surface area (Å²) in [6.07, 6.45) is 2.10. The Hall–Kier alpha value is -2.66. The van der Waals surface area contributed by atoms with E-state index in [2.05, 4.69) is 5.32 Å². The molecule has 2 atom stereocenters. The fourth-order valence-corrected chi connectivity index (χ4v) is 5.72. The number of piperidine rings is 1. The number of hydrogen-bond acceptors (Lipinski definition) is 8. The van der Waals surface area contributed by atoms with E-state index in [4.69, 9.17) is 14.6 Å². The summed E-state index contributed by atoms with van der Waals surface area (Å²) >= 11 is 0. The summed E-state index contributed by atoms with van der Waals surface area (Å²) in [5.74, 6) is 0.330. The number of aliphatic hydroxyl groups is 1. The molecule has 2 saturated heterocycles. The Morgan fingerprint density at radius 1 is 1.06 bits per heavy atom. The van der Waals surface area contributed by atoms with Crippen molar-refractivity contribution in [1.82, 2.24) is 9.62 Å². The predicted octanol–water partition coefficient (Wildman–Crippen LogP) is 1.99. The number of aliphatic hydroxyl groups excluding tert-OH is 1. The van der Waals surface area contributed by atoms with E-state index >= 15 is 0 Å². The van der Waals surface area contributed by atoms with Gasteiger partial charge < -0.3 is 30.2 Å². The second-order valence-corrected chi connectivity index (χ2v) is 9.43. The molecule has 32 heavy (non-hydrogen) atoms. The van der Waals surface area contributed by atoms with Crippen molar-refractivity contribution in [3.63, 3.8) is 0 Å². The molecular weight excluding hydrogens is 436 g/mol. The maximum atomic E-state index is 13.4. The minimum atomic E-state index is -3.75. The van der Waals surface area contributed by atoms with Crippen LogP contribution in [0.25, 0.3) is 0 Å². The first-order valence-corrected chi connectivity index (χ1v) is 11.6. The van der Waals surface area contributed by atoms with Gasteiger partial charge in [0.05, 0.1) is 0 Å². The van der Waals surface area contributed by atoms with Gasteiger partial charge in [0.1, 0.15) is 34.7 Å².